The van der Waals surface area contributed by atoms with Gasteiger partial charge in [-0.2, -0.15) is 9.30 Å². The Morgan fingerprint density at radius 3 is 2.31 bits per heavy atom. The van der Waals surface area contributed by atoms with Gasteiger partial charge in [0, 0.05) is 31.4 Å². The van der Waals surface area contributed by atoms with Gasteiger partial charge in [-0.15, -0.1) is 0 Å². The lowest BCUT2D eigenvalue weighted by Gasteiger charge is -2.34. The van der Waals surface area contributed by atoms with Crippen LogP contribution in [0.2, 0.25) is 0 Å². The van der Waals surface area contributed by atoms with Crippen molar-refractivity contribution < 1.29 is 22.7 Å². The number of rotatable bonds is 5. The first-order valence-electron chi connectivity index (χ1n) is 10.6. The molecule has 1 amide bonds. The van der Waals surface area contributed by atoms with E-state index in [1.54, 1.807) is 25.5 Å². The Labute approximate surface area is 192 Å². The van der Waals surface area contributed by atoms with E-state index in [2.05, 4.69) is 18.8 Å². The average Bonchev–Trinajstić information content (AvgIpc) is 3.02. The molecule has 1 fully saturated rings. The van der Waals surface area contributed by atoms with E-state index in [1.165, 1.54) is 28.6 Å². The first-order valence-corrected chi connectivity index (χ1v) is 12.8. The van der Waals surface area contributed by atoms with Crippen LogP contribution in [-0.2, 0) is 21.8 Å². The predicted molar refractivity (Wildman–Crippen MR) is 122 cm³/mol. The SMILES string of the molecule is CCOC(=O)c1sc(=NC(=O)c2ccc(S(=O)(=O)N3C[C@H](C)C[C@H](C)C3)cc2)n(C)c1C. The number of piperidine rings is 1. The van der Waals surface area contributed by atoms with Crippen molar-refractivity contribution in [1.29, 1.82) is 0 Å². The highest BCUT2D eigenvalue weighted by Gasteiger charge is 2.31. The molecule has 2 heterocycles. The number of thiazole rings is 1. The number of benzene rings is 1. The molecule has 174 valence electrons. The molecule has 32 heavy (non-hydrogen) atoms. The fourth-order valence-corrected chi connectivity index (χ4v) is 6.58. The molecule has 1 aromatic carbocycles. The van der Waals surface area contributed by atoms with E-state index >= 15 is 0 Å². The summed E-state index contributed by atoms with van der Waals surface area (Å²) < 4.78 is 34.3. The maximum Gasteiger partial charge on any atom is 0.350 e. The van der Waals surface area contributed by atoms with E-state index < -0.39 is 21.9 Å². The van der Waals surface area contributed by atoms with Crippen LogP contribution in [0.25, 0.3) is 0 Å². The number of hydrogen-bond acceptors (Lipinski definition) is 6. The molecule has 1 aliphatic heterocycles. The molecule has 10 heteroatoms. The van der Waals surface area contributed by atoms with E-state index in [1.807, 2.05) is 0 Å². The molecule has 0 bridgehead atoms. The maximum atomic E-state index is 13.0. The lowest BCUT2D eigenvalue weighted by molar-refractivity contribution is 0.0530. The van der Waals surface area contributed by atoms with Gasteiger partial charge in [-0.25, -0.2) is 13.2 Å². The Morgan fingerprint density at radius 2 is 1.75 bits per heavy atom. The van der Waals surface area contributed by atoms with Crippen molar-refractivity contribution in [3.63, 3.8) is 0 Å². The van der Waals surface area contributed by atoms with Crippen molar-refractivity contribution >= 4 is 33.2 Å². The standard InChI is InChI=1S/C22H29N3O5S2/c1-6-30-21(27)19-16(4)24(5)22(31-19)23-20(26)17-7-9-18(10-8-17)32(28,29)25-12-14(2)11-15(3)13-25/h7-10,14-15H,6,11-13H2,1-5H3/t14-,15+. The summed E-state index contributed by atoms with van der Waals surface area (Å²) in [4.78, 5) is 29.8. The van der Waals surface area contributed by atoms with Crippen LogP contribution >= 0.6 is 11.3 Å². The Hall–Kier alpha value is -2.30. The second-order valence-electron chi connectivity index (χ2n) is 8.29. The first kappa shape index (κ1) is 24.3. The van der Waals surface area contributed by atoms with E-state index in [0.717, 1.165) is 17.8 Å². The van der Waals surface area contributed by atoms with E-state index in [-0.39, 0.29) is 17.1 Å². The number of sulfonamides is 1. The zero-order chi connectivity index (χ0) is 23.6. The minimum atomic E-state index is -3.62. The molecule has 2 aromatic rings. The van der Waals surface area contributed by atoms with E-state index in [0.29, 0.717) is 40.3 Å². The topological polar surface area (TPSA) is 98.0 Å². The summed E-state index contributed by atoms with van der Waals surface area (Å²) in [5.41, 5.74) is 0.930. The second kappa shape index (κ2) is 9.68. The zero-order valence-corrected chi connectivity index (χ0v) is 20.6. The Morgan fingerprint density at radius 1 is 1.16 bits per heavy atom. The number of amides is 1. The van der Waals surface area contributed by atoms with Crippen molar-refractivity contribution in [3.05, 3.63) is 45.2 Å². The molecule has 0 unspecified atom stereocenters. The Bertz CT molecular complexity index is 1170. The molecular formula is C22H29N3O5S2. The first-order chi connectivity index (χ1) is 15.0. The van der Waals surface area contributed by atoms with Gasteiger partial charge >= 0.3 is 5.97 Å². The molecule has 0 saturated carbocycles. The fraction of sp³-hybridized carbons (Fsp3) is 0.500. The van der Waals surface area contributed by atoms with Gasteiger partial charge in [0.15, 0.2) is 4.80 Å². The molecule has 0 N–H and O–H groups in total. The highest BCUT2D eigenvalue weighted by atomic mass is 32.2. The van der Waals surface area contributed by atoms with Crippen molar-refractivity contribution in [2.75, 3.05) is 19.7 Å². The van der Waals surface area contributed by atoms with Gasteiger partial charge in [0.05, 0.1) is 11.5 Å². The lowest BCUT2D eigenvalue weighted by Crippen LogP contribution is -2.42. The minimum absolute atomic E-state index is 0.164. The highest BCUT2D eigenvalue weighted by molar-refractivity contribution is 7.89. The van der Waals surface area contributed by atoms with E-state index in [4.69, 9.17) is 4.74 Å². The van der Waals surface area contributed by atoms with Gasteiger partial charge in [0.1, 0.15) is 4.88 Å². The van der Waals surface area contributed by atoms with Crippen LogP contribution in [-0.4, -0.2) is 48.9 Å². The monoisotopic (exact) mass is 479 g/mol. The normalized spacial score (nSPS) is 20.3. The summed E-state index contributed by atoms with van der Waals surface area (Å²) >= 11 is 1.08. The van der Waals surface area contributed by atoms with Crippen molar-refractivity contribution in [3.8, 4) is 0 Å². The number of hydrogen-bond donors (Lipinski definition) is 0. The van der Waals surface area contributed by atoms with Gasteiger partial charge in [-0.3, -0.25) is 4.79 Å². The number of esters is 1. The molecule has 0 aliphatic carbocycles. The Kier molecular flexibility index (Phi) is 7.36. The highest BCUT2D eigenvalue weighted by Crippen LogP contribution is 2.26. The number of aromatic nitrogens is 1. The molecule has 0 radical (unpaired) electrons. The smallest absolute Gasteiger partial charge is 0.350 e. The third-order valence-electron chi connectivity index (χ3n) is 5.54. The van der Waals surface area contributed by atoms with Crippen LogP contribution in [0.1, 0.15) is 52.9 Å². The number of ether oxygens (including phenoxy) is 1. The molecule has 3 rings (SSSR count). The van der Waals surface area contributed by atoms with Gasteiger partial charge in [-0.1, -0.05) is 25.2 Å². The van der Waals surface area contributed by atoms with Gasteiger partial charge in [0.2, 0.25) is 10.0 Å². The molecular weight excluding hydrogens is 450 g/mol. The van der Waals surface area contributed by atoms with Crippen LogP contribution in [0.15, 0.2) is 34.2 Å². The number of carbonyl (C=O) groups excluding carboxylic acids is 2. The largest absolute Gasteiger partial charge is 0.462 e. The van der Waals surface area contributed by atoms with Gasteiger partial charge < -0.3 is 9.30 Å². The minimum Gasteiger partial charge on any atom is -0.462 e. The summed E-state index contributed by atoms with van der Waals surface area (Å²) in [7, 11) is -1.90. The summed E-state index contributed by atoms with van der Waals surface area (Å²) in [6, 6.07) is 5.85. The quantitative estimate of drug-likeness (QED) is 0.614. The molecule has 2 atom stereocenters. The molecule has 1 aliphatic rings. The third-order valence-corrected chi connectivity index (χ3v) is 8.60. The number of carbonyl (C=O) groups is 2. The predicted octanol–water partition coefficient (Wildman–Crippen LogP) is 2.98. The van der Waals surface area contributed by atoms with Crippen LogP contribution in [0.4, 0.5) is 0 Å². The summed E-state index contributed by atoms with van der Waals surface area (Å²) in [5, 5.41) is 0. The lowest BCUT2D eigenvalue weighted by atomic mass is 9.94. The molecule has 0 spiro atoms. The summed E-state index contributed by atoms with van der Waals surface area (Å²) in [5.74, 6) is -0.345. The van der Waals surface area contributed by atoms with Crippen molar-refractivity contribution in [1.82, 2.24) is 8.87 Å². The molecule has 1 aromatic heterocycles. The summed E-state index contributed by atoms with van der Waals surface area (Å²) in [6.45, 7) is 8.86. The van der Waals surface area contributed by atoms with E-state index in [9.17, 15) is 18.0 Å². The van der Waals surface area contributed by atoms with Crippen molar-refractivity contribution in [2.24, 2.45) is 23.9 Å². The Balaban J connectivity index is 1.84. The van der Waals surface area contributed by atoms with Crippen LogP contribution < -0.4 is 4.80 Å². The average molecular weight is 480 g/mol. The molecule has 8 nitrogen and oxygen atoms in total. The van der Waals surface area contributed by atoms with Crippen LogP contribution in [0.3, 0.4) is 0 Å². The third kappa shape index (κ3) is 5.02. The van der Waals surface area contributed by atoms with Gasteiger partial charge in [0.25, 0.3) is 5.91 Å². The maximum absolute atomic E-state index is 13.0. The number of nitrogens with zero attached hydrogens (tertiary/aromatic N) is 3. The molecule has 1 saturated heterocycles. The fourth-order valence-electron chi connectivity index (χ4n) is 3.89. The summed E-state index contributed by atoms with van der Waals surface area (Å²) in [6.07, 6.45) is 1.01. The van der Waals surface area contributed by atoms with Gasteiger partial charge in [-0.05, 0) is 56.4 Å². The van der Waals surface area contributed by atoms with Crippen molar-refractivity contribution in [2.45, 2.75) is 39.0 Å². The van der Waals surface area contributed by atoms with Crippen LogP contribution in [0, 0.1) is 18.8 Å². The zero-order valence-electron chi connectivity index (χ0n) is 19.0. The second-order valence-corrected chi connectivity index (χ2v) is 11.2. The van der Waals surface area contributed by atoms with Crippen LogP contribution in [0.5, 0.6) is 0 Å².